The number of piperidine rings is 1. The Balaban J connectivity index is 2.02. The van der Waals surface area contributed by atoms with Crippen LogP contribution in [0.25, 0.3) is 0 Å². The Kier molecular flexibility index (Phi) is 4.70. The zero-order valence-corrected chi connectivity index (χ0v) is 11.5. The molecule has 0 aliphatic carbocycles. The Labute approximate surface area is 117 Å². The van der Waals surface area contributed by atoms with Gasteiger partial charge in [-0.05, 0) is 43.4 Å². The molecule has 1 saturated heterocycles. The minimum atomic E-state index is -4.28. The van der Waals surface area contributed by atoms with Gasteiger partial charge in [-0.15, -0.1) is 0 Å². The lowest BCUT2D eigenvalue weighted by Gasteiger charge is -2.37. The monoisotopic (exact) mass is 287 g/mol. The van der Waals surface area contributed by atoms with Crippen LogP contribution in [0, 0.1) is 5.92 Å². The average molecular weight is 287 g/mol. The third kappa shape index (κ3) is 3.73. The molecule has 0 aromatic heterocycles. The van der Waals surface area contributed by atoms with Crippen LogP contribution in [-0.4, -0.2) is 29.2 Å². The fraction of sp³-hybridized carbons (Fsp3) is 0.600. The molecule has 0 radical (unpaired) electrons. The maximum Gasteiger partial charge on any atom is 0.416 e. The lowest BCUT2D eigenvalue weighted by atomic mass is 9.93. The van der Waals surface area contributed by atoms with Crippen LogP contribution in [0.4, 0.5) is 13.2 Å². The van der Waals surface area contributed by atoms with E-state index in [9.17, 15) is 18.3 Å². The second-order valence-corrected chi connectivity index (χ2v) is 5.60. The molecule has 5 heteroatoms. The molecule has 1 aliphatic rings. The van der Waals surface area contributed by atoms with E-state index in [1.54, 1.807) is 0 Å². The van der Waals surface area contributed by atoms with Crippen molar-refractivity contribution in [3.05, 3.63) is 35.4 Å². The molecule has 1 aromatic rings. The third-order valence-corrected chi connectivity index (χ3v) is 4.03. The highest BCUT2D eigenvalue weighted by Crippen LogP contribution is 2.30. The maximum absolute atomic E-state index is 12.5. The molecule has 1 fully saturated rings. The Bertz CT molecular complexity index is 430. The SMILES string of the molecule is CC1CCC(CO)CN1Cc1ccc(C(F)(F)F)cc1. The molecule has 2 atom stereocenters. The summed E-state index contributed by atoms with van der Waals surface area (Å²) in [6, 6.07) is 5.75. The summed E-state index contributed by atoms with van der Waals surface area (Å²) in [5.74, 6) is 0.278. The lowest BCUT2D eigenvalue weighted by molar-refractivity contribution is -0.137. The zero-order valence-electron chi connectivity index (χ0n) is 11.5. The van der Waals surface area contributed by atoms with E-state index >= 15 is 0 Å². The van der Waals surface area contributed by atoms with E-state index in [1.807, 2.05) is 0 Å². The number of aliphatic hydroxyl groups is 1. The molecule has 0 bridgehead atoms. The van der Waals surface area contributed by atoms with Gasteiger partial charge in [-0.1, -0.05) is 12.1 Å². The fourth-order valence-electron chi connectivity index (χ4n) is 2.67. The van der Waals surface area contributed by atoms with Crippen molar-refractivity contribution in [1.82, 2.24) is 4.90 Å². The first-order valence-corrected chi connectivity index (χ1v) is 6.91. The highest BCUT2D eigenvalue weighted by atomic mass is 19.4. The van der Waals surface area contributed by atoms with E-state index in [1.165, 1.54) is 12.1 Å². The highest BCUT2D eigenvalue weighted by molar-refractivity contribution is 5.24. The van der Waals surface area contributed by atoms with Crippen molar-refractivity contribution < 1.29 is 18.3 Å². The summed E-state index contributed by atoms with van der Waals surface area (Å²) in [5, 5.41) is 9.24. The molecule has 2 rings (SSSR count). The van der Waals surface area contributed by atoms with Crippen LogP contribution in [0.15, 0.2) is 24.3 Å². The van der Waals surface area contributed by atoms with Gasteiger partial charge in [0.15, 0.2) is 0 Å². The molecule has 2 unspecified atom stereocenters. The molecular weight excluding hydrogens is 267 g/mol. The van der Waals surface area contributed by atoms with Gasteiger partial charge in [0.2, 0.25) is 0 Å². The predicted octanol–water partition coefficient (Wildman–Crippen LogP) is 3.30. The maximum atomic E-state index is 12.5. The number of hydrogen-bond acceptors (Lipinski definition) is 2. The normalized spacial score (nSPS) is 24.9. The van der Waals surface area contributed by atoms with E-state index in [4.69, 9.17) is 0 Å². The lowest BCUT2D eigenvalue weighted by Crippen LogP contribution is -2.42. The van der Waals surface area contributed by atoms with Crippen LogP contribution >= 0.6 is 0 Å². The van der Waals surface area contributed by atoms with Crippen molar-refractivity contribution >= 4 is 0 Å². The fourth-order valence-corrected chi connectivity index (χ4v) is 2.67. The zero-order chi connectivity index (χ0) is 14.8. The van der Waals surface area contributed by atoms with Gasteiger partial charge in [-0.3, -0.25) is 4.90 Å². The Hall–Kier alpha value is -1.07. The van der Waals surface area contributed by atoms with Gasteiger partial charge in [0.25, 0.3) is 0 Å². The number of aliphatic hydroxyl groups excluding tert-OH is 1. The quantitative estimate of drug-likeness (QED) is 0.922. The van der Waals surface area contributed by atoms with Crippen LogP contribution in [0.1, 0.15) is 30.9 Å². The molecule has 1 aromatic carbocycles. The molecule has 2 nitrogen and oxygen atoms in total. The van der Waals surface area contributed by atoms with Gasteiger partial charge in [-0.25, -0.2) is 0 Å². The van der Waals surface area contributed by atoms with E-state index in [0.717, 1.165) is 37.1 Å². The molecular formula is C15H20F3NO. The van der Waals surface area contributed by atoms with Gasteiger partial charge < -0.3 is 5.11 Å². The standard InChI is InChI=1S/C15H20F3NO/c1-11-2-3-13(10-20)9-19(11)8-12-4-6-14(7-5-12)15(16,17)18/h4-7,11,13,20H,2-3,8-10H2,1H3. The molecule has 112 valence electrons. The van der Waals surface area contributed by atoms with Crippen LogP contribution in [0.2, 0.25) is 0 Å². The number of halogens is 3. The van der Waals surface area contributed by atoms with Gasteiger partial charge >= 0.3 is 6.18 Å². The second kappa shape index (κ2) is 6.14. The molecule has 1 aliphatic heterocycles. The summed E-state index contributed by atoms with van der Waals surface area (Å²) in [5.41, 5.74) is 0.268. The number of alkyl halides is 3. The average Bonchev–Trinajstić information content (AvgIpc) is 2.41. The van der Waals surface area contributed by atoms with Crippen LogP contribution in [0.5, 0.6) is 0 Å². The van der Waals surface area contributed by atoms with E-state index < -0.39 is 11.7 Å². The van der Waals surface area contributed by atoms with E-state index in [0.29, 0.717) is 12.6 Å². The second-order valence-electron chi connectivity index (χ2n) is 5.60. The number of rotatable bonds is 3. The van der Waals surface area contributed by atoms with Crippen molar-refractivity contribution in [3.63, 3.8) is 0 Å². The smallest absolute Gasteiger partial charge is 0.396 e. The number of nitrogens with zero attached hydrogens (tertiary/aromatic N) is 1. The van der Waals surface area contributed by atoms with Gasteiger partial charge in [-0.2, -0.15) is 13.2 Å². The first-order valence-electron chi connectivity index (χ1n) is 6.91. The van der Waals surface area contributed by atoms with Crippen LogP contribution in [-0.2, 0) is 12.7 Å². The summed E-state index contributed by atoms with van der Waals surface area (Å²) >= 11 is 0. The third-order valence-electron chi connectivity index (χ3n) is 4.03. The molecule has 20 heavy (non-hydrogen) atoms. The van der Waals surface area contributed by atoms with Crippen molar-refractivity contribution in [1.29, 1.82) is 0 Å². The van der Waals surface area contributed by atoms with Gasteiger partial charge in [0.1, 0.15) is 0 Å². The Morgan fingerprint density at radius 3 is 2.40 bits per heavy atom. The minimum Gasteiger partial charge on any atom is -0.396 e. The molecule has 1 heterocycles. The van der Waals surface area contributed by atoms with Gasteiger partial charge in [0, 0.05) is 25.7 Å². The Morgan fingerprint density at radius 2 is 1.85 bits per heavy atom. The minimum absolute atomic E-state index is 0.177. The predicted molar refractivity (Wildman–Crippen MR) is 71.1 cm³/mol. The Morgan fingerprint density at radius 1 is 1.20 bits per heavy atom. The van der Waals surface area contributed by atoms with Crippen molar-refractivity contribution in [2.45, 2.75) is 38.5 Å². The number of hydrogen-bond donors (Lipinski definition) is 1. The largest absolute Gasteiger partial charge is 0.416 e. The van der Waals surface area contributed by atoms with Crippen molar-refractivity contribution in [2.75, 3.05) is 13.2 Å². The molecule has 0 amide bonds. The van der Waals surface area contributed by atoms with E-state index in [-0.39, 0.29) is 12.5 Å². The van der Waals surface area contributed by atoms with Crippen LogP contribution < -0.4 is 0 Å². The molecule has 1 N–H and O–H groups in total. The molecule has 0 spiro atoms. The summed E-state index contributed by atoms with van der Waals surface area (Å²) in [6.45, 7) is 3.74. The van der Waals surface area contributed by atoms with Crippen molar-refractivity contribution in [2.24, 2.45) is 5.92 Å². The summed E-state index contributed by atoms with van der Waals surface area (Å²) < 4.78 is 37.5. The highest BCUT2D eigenvalue weighted by Gasteiger charge is 2.30. The first-order chi connectivity index (χ1) is 9.40. The number of likely N-dealkylation sites (tertiary alicyclic amines) is 1. The summed E-state index contributed by atoms with van der Waals surface area (Å²) in [7, 11) is 0. The first kappa shape index (κ1) is 15.3. The summed E-state index contributed by atoms with van der Waals surface area (Å²) in [6.07, 6.45) is -2.24. The van der Waals surface area contributed by atoms with Crippen LogP contribution in [0.3, 0.4) is 0 Å². The topological polar surface area (TPSA) is 23.5 Å². The number of benzene rings is 1. The van der Waals surface area contributed by atoms with Crippen molar-refractivity contribution in [3.8, 4) is 0 Å². The molecule has 0 saturated carbocycles. The van der Waals surface area contributed by atoms with Gasteiger partial charge in [0.05, 0.1) is 5.56 Å². The summed E-state index contributed by atoms with van der Waals surface area (Å²) in [4.78, 5) is 2.23. The van der Waals surface area contributed by atoms with E-state index in [2.05, 4.69) is 11.8 Å².